The second-order valence-corrected chi connectivity index (χ2v) is 3.04. The molecule has 1 unspecified atom stereocenters. The number of aryl methyl sites for hydroxylation is 1. The van der Waals surface area contributed by atoms with Crippen LogP contribution in [0.25, 0.3) is 0 Å². The zero-order chi connectivity index (χ0) is 8.39. The van der Waals surface area contributed by atoms with Gasteiger partial charge in [0, 0.05) is 6.61 Å². The van der Waals surface area contributed by atoms with Gasteiger partial charge >= 0.3 is 0 Å². The molecule has 0 radical (unpaired) electrons. The molecular formula is C8H12N2O2. The van der Waals surface area contributed by atoms with Crippen LogP contribution >= 0.6 is 0 Å². The van der Waals surface area contributed by atoms with Gasteiger partial charge in [-0.1, -0.05) is 5.16 Å². The van der Waals surface area contributed by atoms with Gasteiger partial charge in [0.05, 0.1) is 0 Å². The molecule has 2 rings (SSSR count). The van der Waals surface area contributed by atoms with Crippen molar-refractivity contribution in [3.05, 3.63) is 11.7 Å². The van der Waals surface area contributed by atoms with Crippen molar-refractivity contribution in [3.63, 3.8) is 0 Å². The van der Waals surface area contributed by atoms with Gasteiger partial charge in [0.15, 0.2) is 5.82 Å². The average molecular weight is 168 g/mol. The first-order valence-corrected chi connectivity index (χ1v) is 4.28. The van der Waals surface area contributed by atoms with E-state index >= 15 is 0 Å². The molecule has 1 aliphatic heterocycles. The van der Waals surface area contributed by atoms with Gasteiger partial charge in [0.2, 0.25) is 0 Å². The minimum Gasteiger partial charge on any atom is -0.368 e. The van der Waals surface area contributed by atoms with Crippen molar-refractivity contribution in [3.8, 4) is 0 Å². The van der Waals surface area contributed by atoms with Gasteiger partial charge in [0.25, 0.3) is 5.89 Å². The molecule has 12 heavy (non-hydrogen) atoms. The molecule has 0 aromatic carbocycles. The predicted octanol–water partition coefficient (Wildman–Crippen LogP) is 1.62. The van der Waals surface area contributed by atoms with Crippen molar-refractivity contribution in [1.29, 1.82) is 0 Å². The summed E-state index contributed by atoms with van der Waals surface area (Å²) >= 11 is 0. The van der Waals surface area contributed by atoms with E-state index in [1.54, 1.807) is 0 Å². The topological polar surface area (TPSA) is 48.2 Å². The fourth-order valence-electron chi connectivity index (χ4n) is 1.38. The van der Waals surface area contributed by atoms with E-state index in [9.17, 15) is 0 Å². The van der Waals surface area contributed by atoms with Crippen LogP contribution in [-0.4, -0.2) is 16.7 Å². The number of hydrogen-bond acceptors (Lipinski definition) is 4. The quantitative estimate of drug-likeness (QED) is 0.639. The second-order valence-electron chi connectivity index (χ2n) is 3.04. The molecule has 0 saturated carbocycles. The van der Waals surface area contributed by atoms with Gasteiger partial charge in [-0.2, -0.15) is 4.98 Å². The SMILES string of the molecule is Cc1noc(C2CCCCO2)n1. The van der Waals surface area contributed by atoms with Crippen LogP contribution in [0.2, 0.25) is 0 Å². The Morgan fingerprint density at radius 2 is 2.33 bits per heavy atom. The second kappa shape index (κ2) is 3.23. The Hall–Kier alpha value is -0.900. The Morgan fingerprint density at radius 3 is 2.92 bits per heavy atom. The van der Waals surface area contributed by atoms with Crippen LogP contribution in [0.4, 0.5) is 0 Å². The van der Waals surface area contributed by atoms with Crippen molar-refractivity contribution in [2.24, 2.45) is 0 Å². The average Bonchev–Trinajstić information content (AvgIpc) is 2.54. The highest BCUT2D eigenvalue weighted by atomic mass is 16.5. The molecule has 1 fully saturated rings. The Morgan fingerprint density at radius 1 is 1.42 bits per heavy atom. The third-order valence-electron chi connectivity index (χ3n) is 2.00. The highest BCUT2D eigenvalue weighted by molar-refractivity contribution is 4.88. The molecule has 0 bridgehead atoms. The number of nitrogens with zero attached hydrogens (tertiary/aromatic N) is 2. The minimum atomic E-state index is 0.0416. The zero-order valence-electron chi connectivity index (χ0n) is 7.12. The smallest absolute Gasteiger partial charge is 0.255 e. The van der Waals surface area contributed by atoms with E-state index in [-0.39, 0.29) is 6.10 Å². The van der Waals surface area contributed by atoms with Crippen LogP contribution in [0.1, 0.15) is 37.1 Å². The number of ether oxygens (including phenoxy) is 1. The van der Waals surface area contributed by atoms with Crippen LogP contribution in [0.5, 0.6) is 0 Å². The maximum absolute atomic E-state index is 5.48. The van der Waals surface area contributed by atoms with Crippen LogP contribution < -0.4 is 0 Å². The fourth-order valence-corrected chi connectivity index (χ4v) is 1.38. The summed E-state index contributed by atoms with van der Waals surface area (Å²) in [5.41, 5.74) is 0. The number of hydrogen-bond donors (Lipinski definition) is 0. The summed E-state index contributed by atoms with van der Waals surface area (Å²) < 4.78 is 10.5. The van der Waals surface area contributed by atoms with Crippen LogP contribution in [0, 0.1) is 6.92 Å². The lowest BCUT2D eigenvalue weighted by Gasteiger charge is -2.18. The summed E-state index contributed by atoms with van der Waals surface area (Å²) in [4.78, 5) is 4.13. The molecule has 1 atom stereocenters. The van der Waals surface area contributed by atoms with Crippen molar-refractivity contribution >= 4 is 0 Å². The van der Waals surface area contributed by atoms with E-state index in [1.165, 1.54) is 6.42 Å². The summed E-state index contributed by atoms with van der Waals surface area (Å²) in [6, 6.07) is 0. The maximum atomic E-state index is 5.48. The molecule has 1 aromatic heterocycles. The van der Waals surface area contributed by atoms with Crippen LogP contribution in [0.15, 0.2) is 4.52 Å². The maximum Gasteiger partial charge on any atom is 0.255 e. The summed E-state index contributed by atoms with van der Waals surface area (Å²) in [7, 11) is 0. The first kappa shape index (κ1) is 7.73. The molecule has 66 valence electrons. The van der Waals surface area contributed by atoms with Crippen LogP contribution in [0.3, 0.4) is 0 Å². The van der Waals surface area contributed by atoms with E-state index in [1.807, 2.05) is 6.92 Å². The summed E-state index contributed by atoms with van der Waals surface area (Å²) in [5, 5.41) is 3.73. The Balaban J connectivity index is 2.08. The predicted molar refractivity (Wildman–Crippen MR) is 41.6 cm³/mol. The number of aromatic nitrogens is 2. The van der Waals surface area contributed by atoms with Crippen molar-refractivity contribution in [2.45, 2.75) is 32.3 Å². The summed E-state index contributed by atoms with van der Waals surface area (Å²) in [6.07, 6.45) is 3.37. The normalized spacial score (nSPS) is 24.2. The largest absolute Gasteiger partial charge is 0.368 e. The first-order chi connectivity index (χ1) is 5.86. The van der Waals surface area contributed by atoms with Gasteiger partial charge in [-0.05, 0) is 26.2 Å². The molecule has 0 spiro atoms. The van der Waals surface area contributed by atoms with E-state index in [0.29, 0.717) is 11.7 Å². The third kappa shape index (κ3) is 1.48. The lowest BCUT2D eigenvalue weighted by molar-refractivity contribution is -0.00459. The van der Waals surface area contributed by atoms with Crippen LogP contribution in [-0.2, 0) is 4.74 Å². The van der Waals surface area contributed by atoms with Crippen molar-refractivity contribution in [1.82, 2.24) is 10.1 Å². The molecule has 0 amide bonds. The highest BCUT2D eigenvalue weighted by Gasteiger charge is 2.21. The van der Waals surface area contributed by atoms with E-state index in [0.717, 1.165) is 19.4 Å². The standard InChI is InChI=1S/C8H12N2O2/c1-6-9-8(12-10-6)7-4-2-3-5-11-7/h7H,2-5H2,1H3. The zero-order valence-corrected chi connectivity index (χ0v) is 7.12. The van der Waals surface area contributed by atoms with Crippen molar-refractivity contribution < 1.29 is 9.26 Å². The molecule has 2 heterocycles. The summed E-state index contributed by atoms with van der Waals surface area (Å²) in [6.45, 7) is 2.63. The molecular weight excluding hydrogens is 156 g/mol. The number of rotatable bonds is 1. The van der Waals surface area contributed by atoms with Gasteiger partial charge in [-0.3, -0.25) is 0 Å². The van der Waals surface area contributed by atoms with Gasteiger partial charge in [0.1, 0.15) is 6.10 Å². The van der Waals surface area contributed by atoms with E-state index in [2.05, 4.69) is 10.1 Å². The molecule has 4 heteroatoms. The molecule has 4 nitrogen and oxygen atoms in total. The van der Waals surface area contributed by atoms with E-state index in [4.69, 9.17) is 9.26 Å². The summed E-state index contributed by atoms with van der Waals surface area (Å²) in [5.74, 6) is 1.31. The third-order valence-corrected chi connectivity index (χ3v) is 2.00. The lowest BCUT2D eigenvalue weighted by Crippen LogP contribution is -2.11. The van der Waals surface area contributed by atoms with Gasteiger partial charge in [-0.25, -0.2) is 0 Å². The van der Waals surface area contributed by atoms with E-state index < -0.39 is 0 Å². The molecule has 0 aliphatic carbocycles. The Bertz CT molecular complexity index is 253. The Labute approximate surface area is 70.9 Å². The van der Waals surface area contributed by atoms with Crippen molar-refractivity contribution in [2.75, 3.05) is 6.61 Å². The lowest BCUT2D eigenvalue weighted by atomic mass is 10.1. The first-order valence-electron chi connectivity index (χ1n) is 4.28. The molecule has 1 saturated heterocycles. The monoisotopic (exact) mass is 168 g/mol. The molecule has 1 aliphatic rings. The molecule has 1 aromatic rings. The van der Waals surface area contributed by atoms with Gasteiger partial charge < -0.3 is 9.26 Å². The minimum absolute atomic E-state index is 0.0416. The highest BCUT2D eigenvalue weighted by Crippen LogP contribution is 2.25. The Kier molecular flexibility index (Phi) is 2.08. The van der Waals surface area contributed by atoms with Gasteiger partial charge in [-0.15, -0.1) is 0 Å². The molecule has 0 N–H and O–H groups in total. The fraction of sp³-hybridized carbons (Fsp3) is 0.750.